The summed E-state index contributed by atoms with van der Waals surface area (Å²) in [6.45, 7) is 0. The molecule has 2 rings (SSSR count). The fourth-order valence-electron chi connectivity index (χ4n) is 2.18. The molecule has 4 heteroatoms. The van der Waals surface area contributed by atoms with E-state index in [1.165, 1.54) is 5.56 Å². The largest absolute Gasteiger partial charge is 0.316 e. The molecular formula is C16H16BrCl2N. The van der Waals surface area contributed by atoms with Crippen LogP contribution in [0.2, 0.25) is 10.0 Å². The molecule has 0 aliphatic heterocycles. The van der Waals surface area contributed by atoms with Crippen molar-refractivity contribution < 1.29 is 0 Å². The van der Waals surface area contributed by atoms with Gasteiger partial charge in [-0.15, -0.1) is 0 Å². The maximum absolute atomic E-state index is 6.28. The summed E-state index contributed by atoms with van der Waals surface area (Å²) in [7, 11) is 1.97. The summed E-state index contributed by atoms with van der Waals surface area (Å²) in [5.41, 5.74) is 2.38. The fourth-order valence-corrected chi connectivity index (χ4v) is 3.14. The van der Waals surface area contributed by atoms with Gasteiger partial charge in [0.05, 0.1) is 0 Å². The first-order valence-electron chi connectivity index (χ1n) is 6.44. The van der Waals surface area contributed by atoms with Crippen LogP contribution in [-0.4, -0.2) is 13.1 Å². The van der Waals surface area contributed by atoms with Crippen LogP contribution in [0.25, 0.3) is 0 Å². The molecule has 106 valence electrons. The van der Waals surface area contributed by atoms with E-state index in [1.807, 2.05) is 37.4 Å². The van der Waals surface area contributed by atoms with Crippen LogP contribution in [0.15, 0.2) is 46.9 Å². The highest BCUT2D eigenvalue weighted by Gasteiger charge is 2.11. The van der Waals surface area contributed by atoms with Crippen molar-refractivity contribution in [3.63, 3.8) is 0 Å². The third-order valence-corrected chi connectivity index (χ3v) is 4.34. The average molecular weight is 373 g/mol. The quantitative estimate of drug-likeness (QED) is 0.767. The van der Waals surface area contributed by atoms with Crippen molar-refractivity contribution >= 4 is 39.1 Å². The second kappa shape index (κ2) is 7.46. The van der Waals surface area contributed by atoms with Gasteiger partial charge in [-0.2, -0.15) is 0 Å². The average Bonchev–Trinajstić information content (AvgIpc) is 2.41. The third-order valence-electron chi connectivity index (χ3n) is 3.26. The van der Waals surface area contributed by atoms with E-state index in [9.17, 15) is 0 Å². The Kier molecular flexibility index (Phi) is 5.91. The van der Waals surface area contributed by atoms with Crippen molar-refractivity contribution in [3.8, 4) is 0 Å². The Hall–Kier alpha value is -0.540. The molecule has 0 heterocycles. The summed E-state index contributed by atoms with van der Waals surface area (Å²) >= 11 is 15.7. The Labute approximate surface area is 138 Å². The van der Waals surface area contributed by atoms with Crippen molar-refractivity contribution in [2.75, 3.05) is 7.05 Å². The topological polar surface area (TPSA) is 12.0 Å². The highest BCUT2D eigenvalue weighted by Crippen LogP contribution is 2.23. The lowest BCUT2D eigenvalue weighted by Crippen LogP contribution is -2.30. The van der Waals surface area contributed by atoms with Crippen molar-refractivity contribution in [2.24, 2.45) is 0 Å². The minimum Gasteiger partial charge on any atom is -0.316 e. The number of nitrogens with one attached hydrogen (secondary N) is 1. The maximum atomic E-state index is 6.28. The van der Waals surface area contributed by atoms with Gasteiger partial charge in [0.2, 0.25) is 0 Å². The van der Waals surface area contributed by atoms with Crippen LogP contribution in [0.3, 0.4) is 0 Å². The molecule has 1 atom stereocenters. The van der Waals surface area contributed by atoms with Crippen LogP contribution in [0.5, 0.6) is 0 Å². The van der Waals surface area contributed by atoms with Gasteiger partial charge in [0.15, 0.2) is 0 Å². The molecule has 0 aromatic heterocycles. The van der Waals surface area contributed by atoms with Crippen LogP contribution >= 0.6 is 39.1 Å². The minimum atomic E-state index is 0.326. The molecular weight excluding hydrogens is 357 g/mol. The van der Waals surface area contributed by atoms with Crippen molar-refractivity contribution in [3.05, 3.63) is 68.1 Å². The van der Waals surface area contributed by atoms with E-state index in [2.05, 4.69) is 33.4 Å². The van der Waals surface area contributed by atoms with Crippen LogP contribution in [0, 0.1) is 0 Å². The smallest absolute Gasteiger partial charge is 0.0449 e. The Morgan fingerprint density at radius 2 is 1.90 bits per heavy atom. The fraction of sp³-hybridized carbons (Fsp3) is 0.250. The van der Waals surface area contributed by atoms with Gasteiger partial charge in [0.25, 0.3) is 0 Å². The first-order valence-corrected chi connectivity index (χ1v) is 7.99. The van der Waals surface area contributed by atoms with Crippen molar-refractivity contribution in [1.82, 2.24) is 5.32 Å². The van der Waals surface area contributed by atoms with Crippen LogP contribution < -0.4 is 5.32 Å². The number of rotatable bonds is 5. The van der Waals surface area contributed by atoms with E-state index in [4.69, 9.17) is 23.2 Å². The molecule has 0 saturated heterocycles. The van der Waals surface area contributed by atoms with E-state index in [1.54, 1.807) is 0 Å². The molecule has 0 bridgehead atoms. The predicted molar refractivity (Wildman–Crippen MR) is 90.9 cm³/mol. The Bertz CT molecular complexity index is 586. The van der Waals surface area contributed by atoms with Gasteiger partial charge in [-0.25, -0.2) is 0 Å². The number of likely N-dealkylation sites (N-methyl/N-ethyl adjacent to an activating group) is 1. The third kappa shape index (κ3) is 4.49. The first-order chi connectivity index (χ1) is 9.58. The molecule has 1 nitrogen and oxygen atoms in total. The van der Waals surface area contributed by atoms with Crippen molar-refractivity contribution in [1.29, 1.82) is 0 Å². The zero-order valence-electron chi connectivity index (χ0n) is 11.2. The van der Waals surface area contributed by atoms with Gasteiger partial charge in [-0.05, 0) is 55.3 Å². The SMILES string of the molecule is CNC(Cc1cccc(Cl)c1)Cc1ccc(Br)cc1Cl. The number of hydrogen-bond donors (Lipinski definition) is 1. The highest BCUT2D eigenvalue weighted by molar-refractivity contribution is 9.10. The van der Waals surface area contributed by atoms with Crippen LogP contribution in [0.4, 0.5) is 0 Å². The normalized spacial score (nSPS) is 12.4. The molecule has 0 amide bonds. The van der Waals surface area contributed by atoms with Gasteiger partial charge in [0, 0.05) is 20.6 Å². The minimum absolute atomic E-state index is 0.326. The Morgan fingerprint density at radius 3 is 2.55 bits per heavy atom. The van der Waals surface area contributed by atoms with Gasteiger partial charge < -0.3 is 5.32 Å². The molecule has 0 fully saturated rings. The van der Waals surface area contributed by atoms with Gasteiger partial charge in [-0.3, -0.25) is 0 Å². The van der Waals surface area contributed by atoms with Crippen LogP contribution in [-0.2, 0) is 12.8 Å². The van der Waals surface area contributed by atoms with E-state index < -0.39 is 0 Å². The molecule has 1 unspecified atom stereocenters. The molecule has 0 spiro atoms. The zero-order valence-corrected chi connectivity index (χ0v) is 14.3. The summed E-state index contributed by atoms with van der Waals surface area (Å²) in [4.78, 5) is 0. The van der Waals surface area contributed by atoms with Crippen LogP contribution in [0.1, 0.15) is 11.1 Å². The summed E-state index contributed by atoms with van der Waals surface area (Å²) in [5.74, 6) is 0. The summed E-state index contributed by atoms with van der Waals surface area (Å²) < 4.78 is 1.00. The summed E-state index contributed by atoms with van der Waals surface area (Å²) in [5, 5.41) is 4.92. The zero-order chi connectivity index (χ0) is 14.5. The Morgan fingerprint density at radius 1 is 1.10 bits per heavy atom. The lowest BCUT2D eigenvalue weighted by Gasteiger charge is -2.17. The lowest BCUT2D eigenvalue weighted by atomic mass is 9.99. The monoisotopic (exact) mass is 371 g/mol. The van der Waals surface area contributed by atoms with E-state index in [0.29, 0.717) is 6.04 Å². The molecule has 2 aromatic rings. The van der Waals surface area contributed by atoms with Crippen molar-refractivity contribution in [2.45, 2.75) is 18.9 Å². The molecule has 0 radical (unpaired) electrons. The van der Waals surface area contributed by atoms with Gasteiger partial charge >= 0.3 is 0 Å². The first kappa shape index (κ1) is 15.8. The highest BCUT2D eigenvalue weighted by atomic mass is 79.9. The maximum Gasteiger partial charge on any atom is 0.0449 e. The lowest BCUT2D eigenvalue weighted by molar-refractivity contribution is 0.556. The number of hydrogen-bond acceptors (Lipinski definition) is 1. The van der Waals surface area contributed by atoms with E-state index in [0.717, 1.165) is 32.9 Å². The molecule has 2 aromatic carbocycles. The number of benzene rings is 2. The molecule has 0 aliphatic carbocycles. The standard InChI is InChI=1S/C16H16BrCl2N/c1-20-15(8-11-3-2-4-14(18)7-11)9-12-5-6-13(17)10-16(12)19/h2-7,10,15,20H,8-9H2,1H3. The second-order valence-electron chi connectivity index (χ2n) is 4.76. The van der Waals surface area contributed by atoms with E-state index in [-0.39, 0.29) is 0 Å². The van der Waals surface area contributed by atoms with Gasteiger partial charge in [0.1, 0.15) is 0 Å². The molecule has 0 aliphatic rings. The van der Waals surface area contributed by atoms with Gasteiger partial charge in [-0.1, -0.05) is 57.3 Å². The van der Waals surface area contributed by atoms with E-state index >= 15 is 0 Å². The molecule has 20 heavy (non-hydrogen) atoms. The second-order valence-corrected chi connectivity index (χ2v) is 6.52. The summed E-state index contributed by atoms with van der Waals surface area (Å²) in [6, 6.07) is 14.3. The Balaban J connectivity index is 2.09. The summed E-state index contributed by atoms with van der Waals surface area (Å²) in [6.07, 6.45) is 1.80. The molecule has 1 N–H and O–H groups in total. The molecule has 0 saturated carbocycles. The predicted octanol–water partition coefficient (Wildman–Crippen LogP) is 5.13. The number of halogens is 3.